The van der Waals surface area contributed by atoms with Crippen molar-refractivity contribution in [3.63, 3.8) is 0 Å². The van der Waals surface area contributed by atoms with Crippen molar-refractivity contribution < 1.29 is 22.9 Å². The van der Waals surface area contributed by atoms with E-state index in [0.29, 0.717) is 0 Å². The van der Waals surface area contributed by atoms with Gasteiger partial charge < -0.3 is 5.32 Å². The number of amides is 1. The number of nitrogens with one attached hydrogen (secondary N) is 1. The van der Waals surface area contributed by atoms with Crippen LogP contribution in [0.3, 0.4) is 0 Å². The molecule has 0 aliphatic carbocycles. The van der Waals surface area contributed by atoms with Crippen LogP contribution in [0, 0.1) is 17.0 Å². The highest BCUT2D eigenvalue weighted by atomic mass is 32.2. The second-order valence-electron chi connectivity index (χ2n) is 3.63. The SMILES string of the molecule is Cc1ncc([N+](=O)[O-])cc1C(=O)NCCSC(F)(F)F. The van der Waals surface area contributed by atoms with Gasteiger partial charge in [-0.05, 0) is 18.7 Å². The molecule has 1 heterocycles. The van der Waals surface area contributed by atoms with Gasteiger partial charge in [-0.25, -0.2) is 0 Å². The van der Waals surface area contributed by atoms with E-state index < -0.39 is 16.3 Å². The van der Waals surface area contributed by atoms with Gasteiger partial charge in [0, 0.05) is 18.4 Å². The van der Waals surface area contributed by atoms with Crippen LogP contribution in [0.2, 0.25) is 0 Å². The van der Waals surface area contributed by atoms with Crippen LogP contribution >= 0.6 is 11.8 Å². The Kier molecular flexibility index (Phi) is 5.31. The molecule has 1 aromatic rings. The molecule has 1 aromatic heterocycles. The van der Waals surface area contributed by atoms with Gasteiger partial charge in [0.1, 0.15) is 6.20 Å². The lowest BCUT2D eigenvalue weighted by atomic mass is 10.2. The van der Waals surface area contributed by atoms with Gasteiger partial charge in [0.15, 0.2) is 0 Å². The lowest BCUT2D eigenvalue weighted by molar-refractivity contribution is -0.385. The first-order valence-corrected chi connectivity index (χ1v) is 6.29. The standard InChI is InChI=1S/C10H10F3N3O3S/c1-6-8(4-7(5-15-6)16(18)19)9(17)14-2-3-20-10(11,12)13/h4-5H,2-3H2,1H3,(H,14,17). The molecule has 10 heteroatoms. The van der Waals surface area contributed by atoms with Crippen molar-refractivity contribution in [1.29, 1.82) is 0 Å². The fourth-order valence-corrected chi connectivity index (χ4v) is 1.71. The van der Waals surface area contributed by atoms with E-state index in [1.165, 1.54) is 6.92 Å². The molecule has 0 unspecified atom stereocenters. The van der Waals surface area contributed by atoms with Crippen LogP contribution in [-0.2, 0) is 0 Å². The lowest BCUT2D eigenvalue weighted by Crippen LogP contribution is -2.27. The highest BCUT2D eigenvalue weighted by molar-refractivity contribution is 8.00. The zero-order valence-electron chi connectivity index (χ0n) is 10.2. The molecule has 20 heavy (non-hydrogen) atoms. The van der Waals surface area contributed by atoms with Crippen molar-refractivity contribution >= 4 is 23.4 Å². The average Bonchev–Trinajstić information content (AvgIpc) is 2.33. The summed E-state index contributed by atoms with van der Waals surface area (Å²) in [6.45, 7) is 1.27. The fourth-order valence-electron chi connectivity index (χ4n) is 1.28. The lowest BCUT2D eigenvalue weighted by Gasteiger charge is -2.08. The number of alkyl halides is 3. The number of thioether (sulfide) groups is 1. The summed E-state index contributed by atoms with van der Waals surface area (Å²) >= 11 is -0.256. The zero-order chi connectivity index (χ0) is 15.3. The second-order valence-corrected chi connectivity index (χ2v) is 4.79. The van der Waals surface area contributed by atoms with Crippen LogP contribution in [0.5, 0.6) is 0 Å². The second kappa shape index (κ2) is 6.55. The highest BCUT2D eigenvalue weighted by Gasteiger charge is 2.27. The maximum absolute atomic E-state index is 11.9. The summed E-state index contributed by atoms with van der Waals surface area (Å²) in [5, 5.41) is 12.8. The first-order valence-electron chi connectivity index (χ1n) is 5.30. The largest absolute Gasteiger partial charge is 0.441 e. The normalized spacial score (nSPS) is 11.2. The predicted molar refractivity (Wildman–Crippen MR) is 66.5 cm³/mol. The molecule has 0 aliphatic heterocycles. The summed E-state index contributed by atoms with van der Waals surface area (Å²) in [6.07, 6.45) is 1.01. The van der Waals surface area contributed by atoms with E-state index in [4.69, 9.17) is 0 Å². The monoisotopic (exact) mass is 309 g/mol. The number of aryl methyl sites for hydroxylation is 1. The van der Waals surface area contributed by atoms with E-state index in [0.717, 1.165) is 12.3 Å². The zero-order valence-corrected chi connectivity index (χ0v) is 11.0. The minimum absolute atomic E-state index is 0.0313. The van der Waals surface area contributed by atoms with Crippen LogP contribution in [0.1, 0.15) is 16.1 Å². The molecule has 0 atom stereocenters. The van der Waals surface area contributed by atoms with Crippen LogP contribution in [0.15, 0.2) is 12.3 Å². The topological polar surface area (TPSA) is 85.1 Å². The Hall–Kier alpha value is -1.84. The molecule has 0 spiro atoms. The van der Waals surface area contributed by atoms with E-state index in [1.54, 1.807) is 0 Å². The Bertz CT molecular complexity index is 522. The van der Waals surface area contributed by atoms with Crippen molar-refractivity contribution in [2.24, 2.45) is 0 Å². The van der Waals surface area contributed by atoms with Crippen molar-refractivity contribution in [3.8, 4) is 0 Å². The Morgan fingerprint density at radius 2 is 2.20 bits per heavy atom. The molecule has 0 aromatic carbocycles. The van der Waals surface area contributed by atoms with Crippen LogP contribution in [-0.4, -0.2) is 33.6 Å². The molecule has 0 saturated heterocycles. The van der Waals surface area contributed by atoms with Crippen molar-refractivity contribution in [2.45, 2.75) is 12.4 Å². The minimum atomic E-state index is -4.35. The molecule has 0 saturated carbocycles. The van der Waals surface area contributed by atoms with Gasteiger partial charge in [0.25, 0.3) is 11.6 Å². The van der Waals surface area contributed by atoms with Gasteiger partial charge in [-0.15, -0.1) is 0 Å². The van der Waals surface area contributed by atoms with Crippen molar-refractivity contribution in [1.82, 2.24) is 10.3 Å². The van der Waals surface area contributed by atoms with E-state index in [1.807, 2.05) is 0 Å². The van der Waals surface area contributed by atoms with Gasteiger partial charge in [0.2, 0.25) is 0 Å². The number of carbonyl (C=O) groups excluding carboxylic acids is 1. The van der Waals surface area contributed by atoms with Gasteiger partial charge in [-0.3, -0.25) is 19.9 Å². The summed E-state index contributed by atoms with van der Waals surface area (Å²) in [5.74, 6) is -1.03. The number of hydrogen-bond acceptors (Lipinski definition) is 5. The highest BCUT2D eigenvalue weighted by Crippen LogP contribution is 2.29. The number of aromatic nitrogens is 1. The van der Waals surface area contributed by atoms with Gasteiger partial charge in [0.05, 0.1) is 16.2 Å². The summed E-state index contributed by atoms with van der Waals surface area (Å²) in [7, 11) is 0. The van der Waals surface area contributed by atoms with Crippen LogP contribution in [0.25, 0.3) is 0 Å². The summed E-state index contributed by atoms with van der Waals surface area (Å²) < 4.78 is 35.6. The van der Waals surface area contributed by atoms with Crippen LogP contribution in [0.4, 0.5) is 18.9 Å². The summed E-state index contributed by atoms with van der Waals surface area (Å²) in [4.78, 5) is 25.3. The molecule has 6 nitrogen and oxygen atoms in total. The first-order chi connectivity index (χ1) is 9.20. The molecule has 0 radical (unpaired) electrons. The molecule has 1 N–H and O–H groups in total. The van der Waals surface area contributed by atoms with Gasteiger partial charge >= 0.3 is 5.51 Å². The molecule has 0 aliphatic rings. The van der Waals surface area contributed by atoms with Crippen LogP contribution < -0.4 is 5.32 Å². The number of pyridine rings is 1. The average molecular weight is 309 g/mol. The third kappa shape index (κ3) is 5.03. The number of hydrogen-bond donors (Lipinski definition) is 1. The first kappa shape index (κ1) is 16.2. The molecule has 0 bridgehead atoms. The van der Waals surface area contributed by atoms with E-state index >= 15 is 0 Å². The Labute approximate surface area is 115 Å². The molecular weight excluding hydrogens is 299 g/mol. The molecular formula is C10H10F3N3O3S. The predicted octanol–water partition coefficient (Wildman–Crippen LogP) is 2.28. The van der Waals surface area contributed by atoms with E-state index in [9.17, 15) is 28.1 Å². The van der Waals surface area contributed by atoms with Gasteiger partial charge in [-0.1, -0.05) is 0 Å². The van der Waals surface area contributed by atoms with Gasteiger partial charge in [-0.2, -0.15) is 13.2 Å². The Morgan fingerprint density at radius 3 is 2.75 bits per heavy atom. The number of halogens is 3. The molecule has 1 amide bonds. The number of nitrogens with zero attached hydrogens (tertiary/aromatic N) is 2. The molecule has 1 rings (SSSR count). The molecule has 0 fully saturated rings. The minimum Gasteiger partial charge on any atom is -0.351 e. The number of nitro groups is 1. The smallest absolute Gasteiger partial charge is 0.351 e. The third-order valence-corrected chi connectivity index (χ3v) is 2.92. The van der Waals surface area contributed by atoms with Crippen molar-refractivity contribution in [3.05, 3.63) is 33.6 Å². The Balaban J connectivity index is 2.63. The maximum Gasteiger partial charge on any atom is 0.441 e. The Morgan fingerprint density at radius 1 is 1.55 bits per heavy atom. The van der Waals surface area contributed by atoms with E-state index in [-0.39, 0.29) is 41.0 Å². The number of carbonyl (C=O) groups is 1. The maximum atomic E-state index is 11.9. The molecule has 110 valence electrons. The third-order valence-electron chi connectivity index (χ3n) is 2.18. The fraction of sp³-hybridized carbons (Fsp3) is 0.400. The van der Waals surface area contributed by atoms with Crippen molar-refractivity contribution in [2.75, 3.05) is 12.3 Å². The summed E-state index contributed by atoms with van der Waals surface area (Å²) in [6, 6.07) is 1.04. The summed E-state index contributed by atoms with van der Waals surface area (Å²) in [5.41, 5.74) is -4.48. The quantitative estimate of drug-likeness (QED) is 0.512. The number of rotatable bonds is 5. The van der Waals surface area contributed by atoms with E-state index in [2.05, 4.69) is 10.3 Å².